The Morgan fingerprint density at radius 2 is 1.96 bits per heavy atom. The first kappa shape index (κ1) is 19.7. The van der Waals surface area contributed by atoms with Crippen molar-refractivity contribution in [3.05, 3.63) is 33.2 Å². The van der Waals surface area contributed by atoms with Crippen LogP contribution in [0.15, 0.2) is 25.2 Å². The number of hydrogen-bond acceptors (Lipinski definition) is 8. The van der Waals surface area contributed by atoms with Gasteiger partial charge in [0, 0.05) is 13.1 Å². The molecule has 1 aliphatic rings. The molecule has 1 saturated heterocycles. The number of sulfonamides is 1. The van der Waals surface area contributed by atoms with E-state index in [0.29, 0.717) is 49.5 Å². The van der Waals surface area contributed by atoms with Crippen LogP contribution in [0.25, 0.3) is 10.8 Å². The molecule has 0 aromatic carbocycles. The van der Waals surface area contributed by atoms with Crippen molar-refractivity contribution in [2.24, 2.45) is 0 Å². The molecule has 150 valence electrons. The molecular formula is C16H18BrN5O4S2. The van der Waals surface area contributed by atoms with Crippen molar-refractivity contribution in [1.82, 2.24) is 24.3 Å². The second kappa shape index (κ2) is 7.67. The van der Waals surface area contributed by atoms with E-state index in [4.69, 9.17) is 9.15 Å². The Morgan fingerprint density at radius 3 is 2.64 bits per heavy atom. The summed E-state index contributed by atoms with van der Waals surface area (Å²) in [6.07, 6.45) is 0. The molecule has 0 N–H and O–H groups in total. The van der Waals surface area contributed by atoms with E-state index in [1.165, 1.54) is 15.6 Å². The van der Waals surface area contributed by atoms with Gasteiger partial charge >= 0.3 is 0 Å². The van der Waals surface area contributed by atoms with Crippen LogP contribution < -0.4 is 0 Å². The van der Waals surface area contributed by atoms with Gasteiger partial charge in [0.15, 0.2) is 0 Å². The van der Waals surface area contributed by atoms with E-state index in [9.17, 15) is 8.42 Å². The van der Waals surface area contributed by atoms with Gasteiger partial charge < -0.3 is 9.15 Å². The molecule has 0 aliphatic carbocycles. The van der Waals surface area contributed by atoms with E-state index in [0.717, 1.165) is 8.66 Å². The molecule has 4 rings (SSSR count). The number of hydrogen-bond donors (Lipinski definition) is 0. The first-order valence-corrected chi connectivity index (χ1v) is 11.6. The van der Waals surface area contributed by atoms with Crippen LogP contribution in [0.5, 0.6) is 0 Å². The Hall–Kier alpha value is -1.60. The Balaban J connectivity index is 1.60. The summed E-state index contributed by atoms with van der Waals surface area (Å²) in [4.78, 5) is 1.09. The van der Waals surface area contributed by atoms with Crippen LogP contribution in [0.3, 0.4) is 0 Å². The third-order valence-corrected chi connectivity index (χ3v) is 8.18. The van der Waals surface area contributed by atoms with Crippen molar-refractivity contribution in [2.75, 3.05) is 26.3 Å². The minimum atomic E-state index is -3.63. The number of rotatable bonds is 5. The summed E-state index contributed by atoms with van der Waals surface area (Å²) in [6, 6.07) is 3.80. The molecule has 4 heterocycles. The molecule has 0 unspecified atom stereocenters. The average molecular weight is 488 g/mol. The fourth-order valence-corrected chi connectivity index (χ4v) is 6.19. The van der Waals surface area contributed by atoms with Gasteiger partial charge in [0.1, 0.15) is 11.4 Å². The minimum absolute atomic E-state index is 0.199. The van der Waals surface area contributed by atoms with E-state index >= 15 is 0 Å². The summed E-state index contributed by atoms with van der Waals surface area (Å²) in [5.41, 5.74) is 0.994. The topological polar surface area (TPSA) is 103 Å². The van der Waals surface area contributed by atoms with E-state index in [-0.39, 0.29) is 11.4 Å². The van der Waals surface area contributed by atoms with Crippen molar-refractivity contribution in [3.8, 4) is 10.8 Å². The number of aryl methyl sites for hydroxylation is 1. The molecule has 12 heteroatoms. The van der Waals surface area contributed by atoms with E-state index in [1.807, 2.05) is 12.1 Å². The summed E-state index contributed by atoms with van der Waals surface area (Å²) < 4.78 is 41.1. The monoisotopic (exact) mass is 487 g/mol. The molecule has 0 radical (unpaired) electrons. The van der Waals surface area contributed by atoms with Crippen molar-refractivity contribution in [3.63, 3.8) is 0 Å². The third-order valence-electron chi connectivity index (χ3n) is 4.42. The highest BCUT2D eigenvalue weighted by Gasteiger charge is 2.32. The highest BCUT2D eigenvalue weighted by Crippen LogP contribution is 2.30. The maximum absolute atomic E-state index is 13.0. The molecule has 3 aromatic rings. The van der Waals surface area contributed by atoms with Crippen LogP contribution in [0.2, 0.25) is 0 Å². The Kier molecular flexibility index (Phi) is 5.40. The first-order chi connectivity index (χ1) is 13.4. The number of halogens is 1. The molecule has 0 spiro atoms. The normalized spacial score (nSPS) is 16.0. The zero-order valence-electron chi connectivity index (χ0n) is 15.3. The zero-order chi connectivity index (χ0) is 19.9. The number of morpholine rings is 1. The molecule has 1 fully saturated rings. The zero-order valence-corrected chi connectivity index (χ0v) is 18.5. The van der Waals surface area contributed by atoms with Crippen LogP contribution in [0.4, 0.5) is 0 Å². The Morgan fingerprint density at radius 1 is 1.21 bits per heavy atom. The fourth-order valence-electron chi connectivity index (χ4n) is 3.10. The minimum Gasteiger partial charge on any atom is -0.418 e. The van der Waals surface area contributed by atoms with Crippen molar-refractivity contribution < 1.29 is 17.6 Å². The van der Waals surface area contributed by atoms with Gasteiger partial charge in [-0.25, -0.2) is 8.42 Å². The molecule has 1 aliphatic heterocycles. The molecule has 9 nitrogen and oxygen atoms in total. The number of ether oxygens (including phenoxy) is 1. The first-order valence-electron chi connectivity index (χ1n) is 8.56. The second-order valence-electron chi connectivity index (χ2n) is 6.28. The number of nitrogens with zero attached hydrogens (tertiary/aromatic N) is 5. The molecule has 0 atom stereocenters. The summed E-state index contributed by atoms with van der Waals surface area (Å²) in [5.74, 6) is 0.786. The lowest BCUT2D eigenvalue weighted by Gasteiger charge is -2.26. The number of aromatic nitrogens is 4. The standard InChI is InChI=1S/C16H18BrN5O4S2/c1-10-15(28(23,24)21-5-7-25-8-6-21)11(2)22(20-10)9-14-18-19-16(26-14)12-3-4-13(17)27-12/h3-4H,5-9H2,1-2H3. The quantitative estimate of drug-likeness (QED) is 0.544. The molecular weight excluding hydrogens is 470 g/mol. The van der Waals surface area contributed by atoms with Gasteiger partial charge in [0.2, 0.25) is 15.9 Å². The SMILES string of the molecule is Cc1nn(Cc2nnc(-c3ccc(Br)s3)o2)c(C)c1S(=O)(=O)N1CCOCC1. The molecule has 0 amide bonds. The van der Waals surface area contributed by atoms with Crippen molar-refractivity contribution in [1.29, 1.82) is 0 Å². The van der Waals surface area contributed by atoms with Gasteiger partial charge in [-0.15, -0.1) is 21.5 Å². The van der Waals surface area contributed by atoms with Gasteiger partial charge in [0.05, 0.1) is 33.3 Å². The molecule has 28 heavy (non-hydrogen) atoms. The lowest BCUT2D eigenvalue weighted by molar-refractivity contribution is 0.0730. The predicted octanol–water partition coefficient (Wildman–Crippen LogP) is 2.44. The molecule has 3 aromatic heterocycles. The largest absolute Gasteiger partial charge is 0.418 e. The molecule has 0 bridgehead atoms. The lowest BCUT2D eigenvalue weighted by atomic mass is 10.4. The van der Waals surface area contributed by atoms with Gasteiger partial charge in [-0.05, 0) is 41.9 Å². The van der Waals surface area contributed by atoms with Gasteiger partial charge in [-0.2, -0.15) is 9.40 Å². The van der Waals surface area contributed by atoms with E-state index < -0.39 is 10.0 Å². The summed E-state index contributed by atoms with van der Waals surface area (Å²) in [7, 11) is -3.63. The number of thiophene rings is 1. The van der Waals surface area contributed by atoms with Crippen molar-refractivity contribution in [2.45, 2.75) is 25.3 Å². The Labute approximate surface area is 174 Å². The third kappa shape index (κ3) is 3.66. The Bertz CT molecular complexity index is 1100. The predicted molar refractivity (Wildman–Crippen MR) is 106 cm³/mol. The highest BCUT2D eigenvalue weighted by atomic mass is 79.9. The van der Waals surface area contributed by atoms with Crippen molar-refractivity contribution >= 4 is 37.3 Å². The smallest absolute Gasteiger partial charge is 0.257 e. The maximum atomic E-state index is 13.0. The average Bonchev–Trinajstić information content (AvgIpc) is 3.36. The van der Waals surface area contributed by atoms with Gasteiger partial charge in [-0.3, -0.25) is 4.68 Å². The summed E-state index contributed by atoms with van der Waals surface area (Å²) in [5, 5.41) is 12.5. The summed E-state index contributed by atoms with van der Waals surface area (Å²) in [6.45, 7) is 5.11. The fraction of sp³-hybridized carbons (Fsp3) is 0.438. The highest BCUT2D eigenvalue weighted by molar-refractivity contribution is 9.11. The second-order valence-corrected chi connectivity index (χ2v) is 10.6. The van der Waals surface area contributed by atoms with Gasteiger partial charge in [-0.1, -0.05) is 0 Å². The van der Waals surface area contributed by atoms with Crippen LogP contribution in [-0.4, -0.2) is 59.0 Å². The summed E-state index contributed by atoms with van der Waals surface area (Å²) >= 11 is 4.90. The van der Waals surface area contributed by atoms with E-state index in [1.54, 1.807) is 18.5 Å². The lowest BCUT2D eigenvalue weighted by Crippen LogP contribution is -2.41. The van der Waals surface area contributed by atoms with E-state index in [2.05, 4.69) is 31.2 Å². The van der Waals surface area contributed by atoms with Crippen LogP contribution in [-0.2, 0) is 21.3 Å². The van der Waals surface area contributed by atoms with Crippen LogP contribution in [0, 0.1) is 13.8 Å². The van der Waals surface area contributed by atoms with Crippen LogP contribution >= 0.6 is 27.3 Å². The van der Waals surface area contributed by atoms with Gasteiger partial charge in [0.25, 0.3) is 5.89 Å². The molecule has 0 saturated carbocycles. The maximum Gasteiger partial charge on any atom is 0.257 e. The van der Waals surface area contributed by atoms with Crippen LogP contribution in [0.1, 0.15) is 17.3 Å².